The zero-order valence-corrected chi connectivity index (χ0v) is 14.4. The van der Waals surface area contributed by atoms with Crippen LogP contribution in [0.2, 0.25) is 5.02 Å². The maximum atomic E-state index is 12.2. The van der Waals surface area contributed by atoms with Crippen LogP contribution < -0.4 is 10.5 Å². The van der Waals surface area contributed by atoms with Crippen molar-refractivity contribution >= 4 is 48.9 Å². The molecular weight excluding hydrogens is 376 g/mol. The number of hydrogen-bond donors (Lipinski definition) is 2. The number of nitrogens with two attached hydrogens (primary N) is 1. The number of rotatable bonds is 4. The topological polar surface area (TPSA) is 72.2 Å². The highest BCUT2D eigenvalue weighted by Crippen LogP contribution is 2.30. The highest BCUT2D eigenvalue weighted by atomic mass is 79.9. The summed E-state index contributed by atoms with van der Waals surface area (Å²) in [5.74, 6) is -0.157. The minimum Gasteiger partial charge on any atom is -0.399 e. The van der Waals surface area contributed by atoms with E-state index in [0.717, 1.165) is 5.56 Å². The highest BCUT2D eigenvalue weighted by molar-refractivity contribution is 9.10. The molecule has 0 aliphatic rings. The zero-order chi connectivity index (χ0) is 15.6. The van der Waals surface area contributed by atoms with Crippen molar-refractivity contribution in [3.8, 4) is 0 Å². The predicted octanol–water partition coefficient (Wildman–Crippen LogP) is 3.94. The first-order valence-corrected chi connectivity index (χ1v) is 8.90. The third-order valence-corrected chi connectivity index (χ3v) is 5.13. The van der Waals surface area contributed by atoms with Crippen LogP contribution in [0.4, 0.5) is 11.4 Å². The van der Waals surface area contributed by atoms with Gasteiger partial charge >= 0.3 is 0 Å². The summed E-state index contributed by atoms with van der Waals surface area (Å²) in [6.07, 6.45) is 0. The molecule has 0 atom stereocenters. The normalized spacial score (nSPS) is 11.4. The standard InChI is InChI=1S/C14H14BrClN2O2S/c1-9-5-12(15)14(7-13(9)16)18-21(19,20)8-10-3-2-4-11(17)6-10/h2-7,18H,8,17H2,1H3. The molecule has 2 aromatic rings. The zero-order valence-electron chi connectivity index (χ0n) is 11.2. The molecule has 4 nitrogen and oxygen atoms in total. The Hall–Kier alpha value is -1.24. The highest BCUT2D eigenvalue weighted by Gasteiger charge is 2.14. The Labute approximate surface area is 137 Å². The SMILES string of the molecule is Cc1cc(Br)c(NS(=O)(=O)Cc2cccc(N)c2)cc1Cl. The molecule has 7 heteroatoms. The number of benzene rings is 2. The van der Waals surface area contributed by atoms with Crippen molar-refractivity contribution in [2.24, 2.45) is 0 Å². The molecule has 3 N–H and O–H groups in total. The van der Waals surface area contributed by atoms with Crippen molar-refractivity contribution in [2.75, 3.05) is 10.5 Å². The summed E-state index contributed by atoms with van der Waals surface area (Å²) < 4.78 is 27.6. The molecule has 0 aliphatic heterocycles. The Morgan fingerprint density at radius 1 is 1.29 bits per heavy atom. The van der Waals surface area contributed by atoms with E-state index in [1.807, 2.05) is 6.92 Å². The summed E-state index contributed by atoms with van der Waals surface area (Å²) in [7, 11) is -3.55. The maximum absolute atomic E-state index is 12.2. The van der Waals surface area contributed by atoms with Crippen molar-refractivity contribution < 1.29 is 8.42 Å². The number of sulfonamides is 1. The van der Waals surface area contributed by atoms with Crippen LogP contribution in [0.25, 0.3) is 0 Å². The summed E-state index contributed by atoms with van der Waals surface area (Å²) in [6, 6.07) is 10.1. The van der Waals surface area contributed by atoms with Gasteiger partial charge in [0.1, 0.15) is 0 Å². The second kappa shape index (κ2) is 6.25. The molecule has 0 amide bonds. The molecule has 0 radical (unpaired) electrons. The van der Waals surface area contributed by atoms with Crippen LogP contribution in [0.5, 0.6) is 0 Å². The number of aryl methyl sites for hydroxylation is 1. The molecule has 0 aromatic heterocycles. The fraction of sp³-hybridized carbons (Fsp3) is 0.143. The lowest BCUT2D eigenvalue weighted by molar-refractivity contribution is 0.600. The fourth-order valence-electron chi connectivity index (χ4n) is 1.83. The van der Waals surface area contributed by atoms with Gasteiger partial charge in [-0.05, 0) is 58.2 Å². The minimum absolute atomic E-state index is 0.157. The van der Waals surface area contributed by atoms with E-state index < -0.39 is 10.0 Å². The van der Waals surface area contributed by atoms with Gasteiger partial charge in [0.25, 0.3) is 0 Å². The van der Waals surface area contributed by atoms with Crippen molar-refractivity contribution in [3.05, 3.63) is 57.0 Å². The molecule has 0 saturated heterocycles. The average molecular weight is 390 g/mol. The van der Waals surface area contributed by atoms with Gasteiger partial charge in [-0.1, -0.05) is 23.7 Å². The van der Waals surface area contributed by atoms with Crippen molar-refractivity contribution in [2.45, 2.75) is 12.7 Å². The average Bonchev–Trinajstić information content (AvgIpc) is 2.35. The van der Waals surface area contributed by atoms with Crippen LogP contribution in [0.15, 0.2) is 40.9 Å². The van der Waals surface area contributed by atoms with E-state index in [1.54, 1.807) is 36.4 Å². The minimum atomic E-state index is -3.55. The molecule has 0 unspecified atom stereocenters. The Morgan fingerprint density at radius 2 is 2.00 bits per heavy atom. The van der Waals surface area contributed by atoms with Crippen molar-refractivity contribution in [1.82, 2.24) is 0 Å². The molecule has 2 rings (SSSR count). The molecule has 0 fully saturated rings. The molecular formula is C14H14BrClN2O2S. The predicted molar refractivity (Wildman–Crippen MR) is 91.0 cm³/mol. The second-order valence-corrected chi connectivity index (χ2v) is 7.67. The monoisotopic (exact) mass is 388 g/mol. The summed E-state index contributed by atoms with van der Waals surface area (Å²) >= 11 is 9.35. The Balaban J connectivity index is 2.24. The third-order valence-electron chi connectivity index (χ3n) is 2.82. The van der Waals surface area contributed by atoms with Gasteiger partial charge in [-0.15, -0.1) is 0 Å². The van der Waals surface area contributed by atoms with Gasteiger partial charge in [0, 0.05) is 15.2 Å². The lowest BCUT2D eigenvalue weighted by Gasteiger charge is -2.11. The smallest absolute Gasteiger partial charge is 0.236 e. The van der Waals surface area contributed by atoms with Crippen LogP contribution in [0, 0.1) is 6.92 Å². The number of nitrogen functional groups attached to an aromatic ring is 1. The quantitative estimate of drug-likeness (QED) is 0.778. The van der Waals surface area contributed by atoms with E-state index in [1.165, 1.54) is 0 Å². The number of halogens is 2. The maximum Gasteiger partial charge on any atom is 0.236 e. The van der Waals surface area contributed by atoms with Crippen molar-refractivity contribution in [1.29, 1.82) is 0 Å². The van der Waals surface area contributed by atoms with Gasteiger partial charge in [0.2, 0.25) is 10.0 Å². The summed E-state index contributed by atoms with van der Waals surface area (Å²) in [6.45, 7) is 1.85. The van der Waals surface area contributed by atoms with Gasteiger partial charge in [0.05, 0.1) is 11.4 Å². The van der Waals surface area contributed by atoms with E-state index in [9.17, 15) is 8.42 Å². The number of anilines is 2. The lowest BCUT2D eigenvalue weighted by Crippen LogP contribution is -2.15. The summed E-state index contributed by atoms with van der Waals surface area (Å²) in [4.78, 5) is 0. The first-order valence-electron chi connectivity index (χ1n) is 6.07. The van der Waals surface area contributed by atoms with Crippen LogP contribution in [-0.2, 0) is 15.8 Å². The Bertz CT molecular complexity index is 779. The van der Waals surface area contributed by atoms with E-state index in [0.29, 0.717) is 26.4 Å². The molecule has 21 heavy (non-hydrogen) atoms. The van der Waals surface area contributed by atoms with Crippen LogP contribution >= 0.6 is 27.5 Å². The van der Waals surface area contributed by atoms with Gasteiger partial charge in [-0.2, -0.15) is 0 Å². The third kappa shape index (κ3) is 4.36. The molecule has 0 bridgehead atoms. The molecule has 0 saturated carbocycles. The van der Waals surface area contributed by atoms with Gasteiger partial charge in [-0.25, -0.2) is 8.42 Å². The van der Waals surface area contributed by atoms with Crippen LogP contribution in [0.1, 0.15) is 11.1 Å². The van der Waals surface area contributed by atoms with Gasteiger partial charge in [-0.3, -0.25) is 4.72 Å². The Kier molecular flexibility index (Phi) is 4.81. The molecule has 0 aliphatic carbocycles. The van der Waals surface area contributed by atoms with Gasteiger partial charge in [0.15, 0.2) is 0 Å². The number of nitrogens with one attached hydrogen (secondary N) is 1. The lowest BCUT2D eigenvalue weighted by atomic mass is 10.2. The number of hydrogen-bond acceptors (Lipinski definition) is 3. The first-order chi connectivity index (χ1) is 9.77. The molecule has 112 valence electrons. The summed E-state index contributed by atoms with van der Waals surface area (Å²) in [5, 5.41) is 0.500. The molecule has 2 aromatic carbocycles. The fourth-order valence-corrected chi connectivity index (χ4v) is 3.88. The van der Waals surface area contributed by atoms with Gasteiger partial charge < -0.3 is 5.73 Å². The first kappa shape index (κ1) is 16.1. The Morgan fingerprint density at radius 3 is 2.67 bits per heavy atom. The van der Waals surface area contributed by atoms with Crippen molar-refractivity contribution in [3.63, 3.8) is 0 Å². The van der Waals surface area contributed by atoms with E-state index >= 15 is 0 Å². The van der Waals surface area contributed by atoms with Crippen LogP contribution in [-0.4, -0.2) is 8.42 Å². The van der Waals surface area contributed by atoms with E-state index in [4.69, 9.17) is 17.3 Å². The summed E-state index contributed by atoms with van der Waals surface area (Å²) in [5.41, 5.74) is 8.08. The van der Waals surface area contributed by atoms with E-state index in [-0.39, 0.29) is 5.75 Å². The molecule has 0 heterocycles. The largest absolute Gasteiger partial charge is 0.399 e. The molecule has 0 spiro atoms. The van der Waals surface area contributed by atoms with E-state index in [2.05, 4.69) is 20.7 Å². The van der Waals surface area contributed by atoms with Crippen LogP contribution in [0.3, 0.4) is 0 Å². The second-order valence-electron chi connectivity index (χ2n) is 4.69.